The van der Waals surface area contributed by atoms with E-state index in [1.54, 1.807) is 13.0 Å². The maximum Gasteiger partial charge on any atom is 0.192 e. The second-order valence-electron chi connectivity index (χ2n) is 4.39. The zero-order chi connectivity index (χ0) is 14.0. The number of aliphatic hydroxyl groups excluding tert-OH is 1. The number of rotatable bonds is 3. The van der Waals surface area contributed by atoms with Crippen LogP contribution < -0.4 is 0 Å². The molecule has 1 atom stereocenters. The van der Waals surface area contributed by atoms with Crippen molar-refractivity contribution in [1.82, 2.24) is 9.97 Å². The van der Waals surface area contributed by atoms with Crippen LogP contribution in [-0.4, -0.2) is 15.1 Å². The number of nitrogens with zero attached hydrogens (tertiary/aromatic N) is 2. The van der Waals surface area contributed by atoms with Crippen LogP contribution in [0.25, 0.3) is 0 Å². The topological polar surface area (TPSA) is 46.0 Å². The lowest BCUT2D eigenvalue weighted by atomic mass is 10.1. The Morgan fingerprint density at radius 3 is 2.37 bits per heavy atom. The van der Waals surface area contributed by atoms with Gasteiger partial charge in [0, 0.05) is 16.3 Å². The minimum absolute atomic E-state index is 0.360. The molecule has 5 heteroatoms. The number of hydrogen-bond donors (Lipinski definition) is 1. The lowest BCUT2D eigenvalue weighted by molar-refractivity contribution is 0.196. The molecule has 1 N–H and O–H groups in total. The fraction of sp³-hybridized carbons (Fsp3) is 0.286. The van der Waals surface area contributed by atoms with E-state index in [-0.39, 0.29) is 5.82 Å². The van der Waals surface area contributed by atoms with E-state index >= 15 is 0 Å². The molecule has 0 aliphatic heterocycles. The first-order valence-electron chi connectivity index (χ1n) is 5.93. The molecule has 0 radical (unpaired) electrons. The van der Waals surface area contributed by atoms with Crippen LogP contribution >= 0.6 is 11.8 Å². The van der Waals surface area contributed by atoms with E-state index in [1.807, 2.05) is 19.9 Å². The molecule has 1 aromatic carbocycles. The van der Waals surface area contributed by atoms with E-state index in [1.165, 1.54) is 23.9 Å². The highest BCUT2D eigenvalue weighted by molar-refractivity contribution is 7.99. The van der Waals surface area contributed by atoms with Gasteiger partial charge in [-0.15, -0.1) is 0 Å². The molecule has 2 aromatic rings. The molecule has 2 rings (SSSR count). The van der Waals surface area contributed by atoms with Crippen LogP contribution in [0, 0.1) is 19.7 Å². The van der Waals surface area contributed by atoms with E-state index in [9.17, 15) is 9.50 Å². The lowest BCUT2D eigenvalue weighted by Crippen LogP contribution is -1.97. The molecule has 0 aliphatic carbocycles. The number of aromatic nitrogens is 2. The highest BCUT2D eigenvalue weighted by atomic mass is 32.2. The molecule has 0 fully saturated rings. The summed E-state index contributed by atoms with van der Waals surface area (Å²) in [6.07, 6.45) is -0.732. The van der Waals surface area contributed by atoms with E-state index < -0.39 is 6.10 Å². The summed E-state index contributed by atoms with van der Waals surface area (Å²) in [4.78, 5) is 9.42. The van der Waals surface area contributed by atoms with Crippen molar-refractivity contribution in [1.29, 1.82) is 0 Å². The van der Waals surface area contributed by atoms with Crippen molar-refractivity contribution in [2.75, 3.05) is 0 Å². The summed E-state index contributed by atoms with van der Waals surface area (Å²) in [7, 11) is 0. The standard InChI is InChI=1S/C14H15FN2OS/c1-8-6-9(2)17-14(16-8)19-13-5-4-11(15)7-12(13)10(3)18/h4-7,10,18H,1-3H3/t10-/m1/s1. The summed E-state index contributed by atoms with van der Waals surface area (Å²) in [5, 5.41) is 10.3. The van der Waals surface area contributed by atoms with Gasteiger partial charge in [0.05, 0.1) is 6.10 Å². The molecule has 0 spiro atoms. The lowest BCUT2D eigenvalue weighted by Gasteiger charge is -2.11. The maximum absolute atomic E-state index is 13.2. The fourth-order valence-corrected chi connectivity index (χ4v) is 2.84. The molecule has 0 aliphatic rings. The van der Waals surface area contributed by atoms with Crippen molar-refractivity contribution < 1.29 is 9.50 Å². The summed E-state index contributed by atoms with van der Waals surface area (Å²) >= 11 is 1.33. The summed E-state index contributed by atoms with van der Waals surface area (Å²) in [6, 6.07) is 6.25. The van der Waals surface area contributed by atoms with E-state index in [2.05, 4.69) is 9.97 Å². The number of benzene rings is 1. The van der Waals surface area contributed by atoms with Gasteiger partial charge >= 0.3 is 0 Å². The highest BCUT2D eigenvalue weighted by Crippen LogP contribution is 2.32. The van der Waals surface area contributed by atoms with Crippen molar-refractivity contribution in [2.45, 2.75) is 36.9 Å². The van der Waals surface area contributed by atoms with Gasteiger partial charge in [0.2, 0.25) is 0 Å². The van der Waals surface area contributed by atoms with Gasteiger partial charge in [0.1, 0.15) is 5.82 Å². The van der Waals surface area contributed by atoms with E-state index in [0.29, 0.717) is 10.7 Å². The molecule has 1 aromatic heterocycles. The third kappa shape index (κ3) is 3.52. The molecule has 100 valence electrons. The average Bonchev–Trinajstić information content (AvgIpc) is 2.30. The van der Waals surface area contributed by atoms with Crippen LogP contribution in [0.4, 0.5) is 4.39 Å². The number of hydrogen-bond acceptors (Lipinski definition) is 4. The van der Waals surface area contributed by atoms with Crippen LogP contribution in [0.1, 0.15) is 30.0 Å². The third-order valence-electron chi connectivity index (χ3n) is 2.58. The van der Waals surface area contributed by atoms with E-state index in [4.69, 9.17) is 0 Å². The zero-order valence-corrected chi connectivity index (χ0v) is 11.8. The van der Waals surface area contributed by atoms with Crippen LogP contribution in [0.3, 0.4) is 0 Å². The normalized spacial score (nSPS) is 12.5. The van der Waals surface area contributed by atoms with Gasteiger partial charge in [-0.1, -0.05) is 0 Å². The molecule has 3 nitrogen and oxygen atoms in total. The maximum atomic E-state index is 13.2. The summed E-state index contributed by atoms with van der Waals surface area (Å²) < 4.78 is 13.2. The van der Waals surface area contributed by atoms with Crippen LogP contribution in [-0.2, 0) is 0 Å². The van der Waals surface area contributed by atoms with Gasteiger partial charge in [-0.05, 0) is 62.4 Å². The Morgan fingerprint density at radius 1 is 1.16 bits per heavy atom. The smallest absolute Gasteiger partial charge is 0.192 e. The molecule has 0 saturated heterocycles. The van der Waals surface area contributed by atoms with E-state index in [0.717, 1.165) is 16.3 Å². The van der Waals surface area contributed by atoms with Crippen LogP contribution in [0.5, 0.6) is 0 Å². The van der Waals surface area contributed by atoms with Gasteiger partial charge in [0.25, 0.3) is 0 Å². The predicted molar refractivity (Wildman–Crippen MR) is 72.7 cm³/mol. The first-order chi connectivity index (χ1) is 8.95. The monoisotopic (exact) mass is 278 g/mol. The zero-order valence-electron chi connectivity index (χ0n) is 11.0. The first-order valence-corrected chi connectivity index (χ1v) is 6.75. The summed E-state index contributed by atoms with van der Waals surface area (Å²) in [5.74, 6) is -0.360. The molecule has 0 amide bonds. The fourth-order valence-electron chi connectivity index (χ4n) is 1.78. The largest absolute Gasteiger partial charge is 0.389 e. The van der Waals surface area contributed by atoms with Crippen LogP contribution in [0.15, 0.2) is 34.3 Å². The second kappa shape index (κ2) is 5.67. The van der Waals surface area contributed by atoms with Crippen molar-refractivity contribution in [2.24, 2.45) is 0 Å². The predicted octanol–water partition coefficient (Wildman–Crippen LogP) is 3.44. The SMILES string of the molecule is Cc1cc(C)nc(Sc2ccc(F)cc2[C@@H](C)O)n1. The Balaban J connectivity index is 2.37. The minimum Gasteiger partial charge on any atom is -0.389 e. The third-order valence-corrected chi connectivity index (χ3v) is 3.54. The van der Waals surface area contributed by atoms with Gasteiger partial charge < -0.3 is 5.11 Å². The Kier molecular flexibility index (Phi) is 4.17. The number of halogens is 1. The minimum atomic E-state index is -0.732. The van der Waals surface area contributed by atoms with Crippen molar-refractivity contribution in [3.05, 3.63) is 47.0 Å². The van der Waals surface area contributed by atoms with Gasteiger partial charge in [-0.3, -0.25) is 0 Å². The molecular formula is C14H15FN2OS. The van der Waals surface area contributed by atoms with Crippen molar-refractivity contribution in [3.8, 4) is 0 Å². The summed E-state index contributed by atoms with van der Waals surface area (Å²) in [5.41, 5.74) is 2.32. The van der Waals surface area contributed by atoms with Crippen LogP contribution in [0.2, 0.25) is 0 Å². The molecule has 0 saturated carbocycles. The quantitative estimate of drug-likeness (QED) is 0.874. The Morgan fingerprint density at radius 2 is 1.79 bits per heavy atom. The van der Waals surface area contributed by atoms with Crippen molar-refractivity contribution >= 4 is 11.8 Å². The van der Waals surface area contributed by atoms with Gasteiger partial charge in [-0.25, -0.2) is 14.4 Å². The number of aliphatic hydroxyl groups is 1. The molecule has 19 heavy (non-hydrogen) atoms. The highest BCUT2D eigenvalue weighted by Gasteiger charge is 2.12. The molecular weight excluding hydrogens is 263 g/mol. The second-order valence-corrected chi connectivity index (χ2v) is 5.40. The Labute approximate surface area is 115 Å². The van der Waals surface area contributed by atoms with Gasteiger partial charge in [0.15, 0.2) is 5.16 Å². The summed E-state index contributed by atoms with van der Waals surface area (Å²) in [6.45, 7) is 5.42. The molecule has 1 heterocycles. The molecule has 0 unspecified atom stereocenters. The van der Waals surface area contributed by atoms with Gasteiger partial charge in [-0.2, -0.15) is 0 Å². The molecule has 0 bridgehead atoms. The Hall–Kier alpha value is -1.46. The van der Waals surface area contributed by atoms with Crippen molar-refractivity contribution in [3.63, 3.8) is 0 Å². The average molecular weight is 278 g/mol. The Bertz CT molecular complexity index is 582. The first kappa shape index (κ1) is 14.0. The number of aryl methyl sites for hydroxylation is 2.